The van der Waals surface area contributed by atoms with E-state index in [9.17, 15) is 13.2 Å². The van der Waals surface area contributed by atoms with Crippen LogP contribution in [0.3, 0.4) is 0 Å². The highest BCUT2D eigenvalue weighted by Gasteiger charge is 2.22. The molecule has 0 aliphatic carbocycles. The minimum atomic E-state index is -3.94. The highest BCUT2D eigenvalue weighted by atomic mass is 79.9. The number of nitrogens with one attached hydrogen (secondary N) is 2. The summed E-state index contributed by atoms with van der Waals surface area (Å²) < 4.78 is 33.8. The molecule has 132 valence electrons. The molecule has 0 atom stereocenters. The lowest BCUT2D eigenvalue weighted by molar-refractivity contribution is 0.0957. The maximum atomic E-state index is 12.7. The first-order valence-electron chi connectivity index (χ1n) is 7.23. The van der Waals surface area contributed by atoms with Crippen molar-refractivity contribution >= 4 is 37.5 Å². The average molecular weight is 425 g/mol. The van der Waals surface area contributed by atoms with E-state index in [-0.39, 0.29) is 22.8 Å². The van der Waals surface area contributed by atoms with Gasteiger partial charge in [0, 0.05) is 22.3 Å². The predicted octanol–water partition coefficient (Wildman–Crippen LogP) is 3.17. The minimum absolute atomic E-state index is 0.121. The van der Waals surface area contributed by atoms with E-state index in [0.29, 0.717) is 5.69 Å². The Morgan fingerprint density at radius 1 is 1.24 bits per heavy atom. The fourth-order valence-electron chi connectivity index (χ4n) is 2.02. The van der Waals surface area contributed by atoms with Crippen molar-refractivity contribution in [1.29, 1.82) is 0 Å². The minimum Gasteiger partial charge on any atom is -0.495 e. The van der Waals surface area contributed by atoms with Crippen LogP contribution in [0.1, 0.15) is 10.4 Å². The summed E-state index contributed by atoms with van der Waals surface area (Å²) in [4.78, 5) is 11.9. The topological polar surface area (TPSA) is 84.5 Å². The second-order valence-electron chi connectivity index (χ2n) is 4.98. The van der Waals surface area contributed by atoms with Gasteiger partial charge in [-0.2, -0.15) is 0 Å². The van der Waals surface area contributed by atoms with Gasteiger partial charge in [-0.3, -0.25) is 9.52 Å². The van der Waals surface area contributed by atoms with Crippen LogP contribution >= 0.6 is 15.9 Å². The van der Waals surface area contributed by atoms with Crippen LogP contribution in [0.4, 0.5) is 5.69 Å². The van der Waals surface area contributed by atoms with Crippen LogP contribution < -0.4 is 14.8 Å². The molecule has 25 heavy (non-hydrogen) atoms. The highest BCUT2D eigenvalue weighted by molar-refractivity contribution is 9.10. The smallest absolute Gasteiger partial charge is 0.265 e. The number of carbonyl (C=O) groups excluding carboxylic acids is 1. The van der Waals surface area contributed by atoms with Crippen LogP contribution in [-0.2, 0) is 10.0 Å². The number of hydrogen-bond donors (Lipinski definition) is 2. The monoisotopic (exact) mass is 424 g/mol. The molecule has 0 saturated heterocycles. The Hall–Kier alpha value is -2.32. The van der Waals surface area contributed by atoms with E-state index in [1.54, 1.807) is 24.3 Å². The van der Waals surface area contributed by atoms with E-state index >= 15 is 0 Å². The molecule has 0 unspecified atom stereocenters. The molecule has 8 heteroatoms. The van der Waals surface area contributed by atoms with E-state index < -0.39 is 15.9 Å². The van der Waals surface area contributed by atoms with Gasteiger partial charge < -0.3 is 10.1 Å². The Morgan fingerprint density at radius 3 is 2.52 bits per heavy atom. The van der Waals surface area contributed by atoms with Crippen molar-refractivity contribution in [1.82, 2.24) is 5.32 Å². The number of rotatable bonds is 7. The molecule has 0 bridgehead atoms. The Morgan fingerprint density at radius 2 is 1.92 bits per heavy atom. The molecule has 0 aliphatic heterocycles. The van der Waals surface area contributed by atoms with Gasteiger partial charge in [-0.1, -0.05) is 22.0 Å². The number of carbonyl (C=O) groups is 1. The maximum absolute atomic E-state index is 12.7. The van der Waals surface area contributed by atoms with Crippen LogP contribution in [0.15, 0.2) is 64.5 Å². The number of ether oxygens (including phenoxy) is 1. The number of halogens is 1. The van der Waals surface area contributed by atoms with Crippen molar-refractivity contribution in [3.63, 3.8) is 0 Å². The number of methoxy groups -OCH3 is 1. The molecule has 2 aromatic carbocycles. The number of anilines is 1. The Balaban J connectivity index is 2.38. The third kappa shape index (κ3) is 4.83. The van der Waals surface area contributed by atoms with Crippen LogP contribution in [0.2, 0.25) is 0 Å². The molecule has 0 radical (unpaired) electrons. The number of amides is 1. The first kappa shape index (κ1) is 19.0. The zero-order chi connectivity index (χ0) is 18.4. The van der Waals surface area contributed by atoms with Gasteiger partial charge in [-0.15, -0.1) is 6.58 Å². The molecule has 1 amide bonds. The van der Waals surface area contributed by atoms with Crippen molar-refractivity contribution in [3.8, 4) is 5.75 Å². The lowest BCUT2D eigenvalue weighted by atomic mass is 10.2. The van der Waals surface area contributed by atoms with Gasteiger partial charge in [0.2, 0.25) is 0 Å². The van der Waals surface area contributed by atoms with Gasteiger partial charge in [0.25, 0.3) is 15.9 Å². The van der Waals surface area contributed by atoms with Gasteiger partial charge in [0.1, 0.15) is 10.6 Å². The molecule has 0 saturated carbocycles. The number of hydrogen-bond acceptors (Lipinski definition) is 4. The molecule has 6 nitrogen and oxygen atoms in total. The summed E-state index contributed by atoms with van der Waals surface area (Å²) in [6, 6.07) is 10.9. The molecule has 2 aromatic rings. The summed E-state index contributed by atoms with van der Waals surface area (Å²) in [6.45, 7) is 3.80. The van der Waals surface area contributed by atoms with Crippen LogP contribution in [0.25, 0.3) is 0 Å². The van der Waals surface area contributed by atoms with Crippen molar-refractivity contribution < 1.29 is 17.9 Å². The Labute approximate surface area is 155 Å². The summed E-state index contributed by atoms with van der Waals surface area (Å²) >= 11 is 3.29. The maximum Gasteiger partial charge on any atom is 0.265 e. The van der Waals surface area contributed by atoms with Crippen molar-refractivity contribution in [2.24, 2.45) is 0 Å². The second-order valence-corrected chi connectivity index (χ2v) is 7.54. The quantitative estimate of drug-likeness (QED) is 0.668. The number of sulfonamides is 1. The van der Waals surface area contributed by atoms with Crippen LogP contribution in [0, 0.1) is 0 Å². The summed E-state index contributed by atoms with van der Waals surface area (Å²) in [5.74, 6) is -0.257. The van der Waals surface area contributed by atoms with Gasteiger partial charge in [0.15, 0.2) is 0 Å². The Bertz CT molecular complexity index is 880. The second kappa shape index (κ2) is 8.17. The fourth-order valence-corrected chi connectivity index (χ4v) is 3.54. The zero-order valence-corrected chi connectivity index (χ0v) is 15.9. The molecule has 0 aliphatic rings. The summed E-state index contributed by atoms with van der Waals surface area (Å²) in [5.41, 5.74) is 0.602. The number of benzene rings is 2. The first-order valence-corrected chi connectivity index (χ1v) is 9.50. The zero-order valence-electron chi connectivity index (χ0n) is 13.5. The summed E-state index contributed by atoms with van der Waals surface area (Å²) in [5, 5.41) is 2.60. The average Bonchev–Trinajstić information content (AvgIpc) is 2.60. The summed E-state index contributed by atoms with van der Waals surface area (Å²) in [6.07, 6.45) is 1.54. The molecule has 2 N–H and O–H groups in total. The highest BCUT2D eigenvalue weighted by Crippen LogP contribution is 2.27. The first-order chi connectivity index (χ1) is 11.9. The van der Waals surface area contributed by atoms with Crippen molar-refractivity contribution in [2.45, 2.75) is 4.90 Å². The van der Waals surface area contributed by atoms with Crippen LogP contribution in [0.5, 0.6) is 5.75 Å². The van der Waals surface area contributed by atoms with E-state index in [1.807, 2.05) is 0 Å². The Kier molecular flexibility index (Phi) is 6.22. The fraction of sp³-hybridized carbons (Fsp3) is 0.118. The molecular formula is C17H17BrN2O4S. The molecule has 0 fully saturated rings. The summed E-state index contributed by atoms with van der Waals surface area (Å²) in [7, 11) is -2.57. The lowest BCUT2D eigenvalue weighted by Gasteiger charge is -2.13. The molecule has 0 spiro atoms. The van der Waals surface area contributed by atoms with Crippen molar-refractivity contribution in [3.05, 3.63) is 65.2 Å². The third-order valence-corrected chi connectivity index (χ3v) is 5.15. The van der Waals surface area contributed by atoms with Crippen molar-refractivity contribution in [2.75, 3.05) is 18.4 Å². The largest absolute Gasteiger partial charge is 0.495 e. The van der Waals surface area contributed by atoms with E-state index in [1.165, 1.54) is 31.4 Å². The normalized spacial score (nSPS) is 10.8. The predicted molar refractivity (Wildman–Crippen MR) is 100 cm³/mol. The SMILES string of the molecule is C=CCNC(=O)c1ccc(OC)c(S(=O)(=O)Nc2ccc(Br)cc2)c1. The van der Waals surface area contributed by atoms with E-state index in [0.717, 1.165) is 4.47 Å². The molecule has 0 heterocycles. The standard InChI is InChI=1S/C17H17BrN2O4S/c1-3-10-19-17(21)12-4-9-15(24-2)16(11-12)25(22,23)20-14-7-5-13(18)6-8-14/h3-9,11,20H,1,10H2,2H3,(H,19,21). The van der Waals surface area contributed by atoms with Gasteiger partial charge >= 0.3 is 0 Å². The van der Waals surface area contributed by atoms with Crippen LogP contribution in [-0.4, -0.2) is 28.0 Å². The van der Waals surface area contributed by atoms with Gasteiger partial charge in [-0.05, 0) is 42.5 Å². The third-order valence-electron chi connectivity index (χ3n) is 3.22. The van der Waals surface area contributed by atoms with E-state index in [4.69, 9.17) is 4.74 Å². The molecular weight excluding hydrogens is 408 g/mol. The van der Waals surface area contributed by atoms with Gasteiger partial charge in [0.05, 0.1) is 7.11 Å². The molecule has 2 rings (SSSR count). The molecule has 0 aromatic heterocycles. The lowest BCUT2D eigenvalue weighted by Crippen LogP contribution is -2.24. The van der Waals surface area contributed by atoms with Gasteiger partial charge in [-0.25, -0.2) is 8.42 Å². The van der Waals surface area contributed by atoms with E-state index in [2.05, 4.69) is 32.5 Å².